The number of hydrogen-bond acceptors (Lipinski definition) is 7. The van der Waals surface area contributed by atoms with Crippen LogP contribution in [-0.2, 0) is 19.3 Å². The van der Waals surface area contributed by atoms with Crippen LogP contribution in [0.4, 0.5) is 33.7 Å². The van der Waals surface area contributed by atoms with Crippen molar-refractivity contribution in [1.82, 2.24) is 29.3 Å². The third kappa shape index (κ3) is 4.92. The monoisotopic (exact) mass is 540 g/mol. The Labute approximate surface area is 215 Å². The Bertz CT molecular complexity index is 1380. The fourth-order valence-electron chi connectivity index (χ4n) is 5.55. The topological polar surface area (TPSA) is 85.0 Å². The molecule has 14 heteroatoms. The molecule has 3 aromatic rings. The summed E-state index contributed by atoms with van der Waals surface area (Å²) in [7, 11) is 0. The van der Waals surface area contributed by atoms with E-state index in [0.29, 0.717) is 45.1 Å². The van der Waals surface area contributed by atoms with E-state index < -0.39 is 24.8 Å². The summed E-state index contributed by atoms with van der Waals surface area (Å²) >= 11 is 0. The van der Waals surface area contributed by atoms with E-state index in [1.165, 1.54) is 13.1 Å². The predicted octanol–water partition coefficient (Wildman–Crippen LogP) is 3.88. The molecule has 2 fully saturated rings. The van der Waals surface area contributed by atoms with Crippen LogP contribution in [0.5, 0.6) is 0 Å². The summed E-state index contributed by atoms with van der Waals surface area (Å²) < 4.78 is 68.6. The van der Waals surface area contributed by atoms with E-state index in [1.807, 2.05) is 16.7 Å². The van der Waals surface area contributed by atoms with E-state index >= 15 is 0 Å². The second-order valence-electron chi connectivity index (χ2n) is 10.1. The highest BCUT2D eigenvalue weighted by Gasteiger charge is 2.42. The first-order valence-corrected chi connectivity index (χ1v) is 12.7. The summed E-state index contributed by atoms with van der Waals surface area (Å²) in [6.45, 7) is 5.50. The van der Waals surface area contributed by atoms with Gasteiger partial charge in [0, 0.05) is 38.8 Å². The fraction of sp³-hybridized carbons (Fsp3) is 0.625. The minimum Gasteiger partial charge on any atom is -0.356 e. The lowest BCUT2D eigenvalue weighted by molar-refractivity contribution is -0.141. The number of aryl methyl sites for hydroxylation is 1. The van der Waals surface area contributed by atoms with Crippen LogP contribution >= 0.6 is 0 Å². The van der Waals surface area contributed by atoms with Crippen LogP contribution in [0.25, 0.3) is 11.0 Å². The minimum absolute atomic E-state index is 0.0760. The lowest BCUT2D eigenvalue weighted by Gasteiger charge is -2.40. The molecule has 9 nitrogen and oxygen atoms in total. The van der Waals surface area contributed by atoms with Crippen LogP contribution in [0.15, 0.2) is 17.1 Å². The molecule has 206 valence electrons. The van der Waals surface area contributed by atoms with E-state index in [4.69, 9.17) is 0 Å². The highest BCUT2D eigenvalue weighted by Crippen LogP contribution is 2.43. The second-order valence-corrected chi connectivity index (χ2v) is 10.1. The van der Waals surface area contributed by atoms with E-state index in [2.05, 4.69) is 20.1 Å². The molecular weight excluding hydrogens is 511 g/mol. The van der Waals surface area contributed by atoms with Gasteiger partial charge in [-0.1, -0.05) is 6.92 Å². The zero-order valence-corrected chi connectivity index (χ0v) is 21.2. The molecule has 0 saturated carbocycles. The molecule has 5 rings (SSSR count). The molecule has 38 heavy (non-hydrogen) atoms. The van der Waals surface area contributed by atoms with Gasteiger partial charge in [0.1, 0.15) is 29.3 Å². The van der Waals surface area contributed by atoms with Crippen molar-refractivity contribution in [2.24, 2.45) is 5.41 Å². The third-order valence-electron chi connectivity index (χ3n) is 7.48. The maximum absolute atomic E-state index is 13.3. The zero-order chi connectivity index (χ0) is 27.2. The molecule has 1 spiro atoms. The molecule has 2 aliphatic rings. The molecule has 0 N–H and O–H groups in total. The number of aromatic nitrogens is 6. The van der Waals surface area contributed by atoms with Crippen LogP contribution in [0, 0.1) is 12.3 Å². The Morgan fingerprint density at radius 2 is 1.74 bits per heavy atom. The first kappa shape index (κ1) is 26.3. The van der Waals surface area contributed by atoms with Gasteiger partial charge in [0.25, 0.3) is 12.0 Å². The molecule has 0 aliphatic carbocycles. The van der Waals surface area contributed by atoms with Crippen molar-refractivity contribution in [2.75, 3.05) is 36.0 Å². The lowest BCUT2D eigenvalue weighted by Crippen LogP contribution is -2.44. The summed E-state index contributed by atoms with van der Waals surface area (Å²) in [4.78, 5) is 29.5. The quantitative estimate of drug-likeness (QED) is 0.439. The van der Waals surface area contributed by atoms with Crippen LogP contribution < -0.4 is 15.4 Å². The number of piperidine rings is 1. The Morgan fingerprint density at radius 3 is 2.37 bits per heavy atom. The molecule has 0 bridgehead atoms. The molecule has 2 aliphatic heterocycles. The van der Waals surface area contributed by atoms with Gasteiger partial charge in [0.2, 0.25) is 5.95 Å². The zero-order valence-electron chi connectivity index (χ0n) is 21.2. The molecule has 0 amide bonds. The van der Waals surface area contributed by atoms with Gasteiger partial charge < -0.3 is 9.80 Å². The van der Waals surface area contributed by atoms with Gasteiger partial charge in [-0.15, -0.1) is 0 Å². The Morgan fingerprint density at radius 1 is 1.05 bits per heavy atom. The van der Waals surface area contributed by atoms with Gasteiger partial charge in [-0.2, -0.15) is 23.3 Å². The minimum atomic E-state index is -4.54. The Kier molecular flexibility index (Phi) is 6.76. The van der Waals surface area contributed by atoms with Crippen molar-refractivity contribution >= 4 is 22.8 Å². The smallest absolute Gasteiger partial charge is 0.356 e. The highest BCUT2D eigenvalue weighted by atomic mass is 19.4. The van der Waals surface area contributed by atoms with Gasteiger partial charge in [-0.3, -0.25) is 9.36 Å². The average molecular weight is 541 g/mol. The van der Waals surface area contributed by atoms with Crippen LogP contribution in [0.1, 0.15) is 44.1 Å². The number of anilines is 2. The van der Waals surface area contributed by atoms with E-state index in [9.17, 15) is 26.7 Å². The van der Waals surface area contributed by atoms with Gasteiger partial charge in [0.05, 0.1) is 6.20 Å². The first-order chi connectivity index (χ1) is 18.0. The Balaban J connectivity index is 1.37. The van der Waals surface area contributed by atoms with Crippen molar-refractivity contribution in [3.8, 4) is 0 Å². The first-order valence-electron chi connectivity index (χ1n) is 12.7. The molecular formula is C24H29F5N8O. The van der Waals surface area contributed by atoms with Crippen molar-refractivity contribution < 1.29 is 22.0 Å². The van der Waals surface area contributed by atoms with Gasteiger partial charge in [-0.25, -0.2) is 23.4 Å². The third-order valence-corrected chi connectivity index (χ3v) is 7.48. The van der Waals surface area contributed by atoms with Crippen LogP contribution in [0.2, 0.25) is 0 Å². The summed E-state index contributed by atoms with van der Waals surface area (Å²) in [6.07, 6.45) is -2.89. The van der Waals surface area contributed by atoms with E-state index in [0.717, 1.165) is 30.0 Å². The molecule has 0 atom stereocenters. The standard InChI is InChI=1S/C24H29F5N8O/c1-3-7-36-21(38)16-12-30-37(13-18(25)26)20(16)33-22(36)34-8-4-23(5-9-34)6-10-35(14-23)19-11-17(24(27,28)29)31-15(2)32-19/h11-12,18H,3-10,13-14H2,1-2H3. The summed E-state index contributed by atoms with van der Waals surface area (Å²) in [5.41, 5.74) is -1.22. The molecule has 0 radical (unpaired) electrons. The van der Waals surface area contributed by atoms with Gasteiger partial charge in [0.15, 0.2) is 5.65 Å². The number of hydrogen-bond donors (Lipinski definition) is 0. The maximum atomic E-state index is 13.3. The maximum Gasteiger partial charge on any atom is 0.433 e. The van der Waals surface area contributed by atoms with Crippen molar-refractivity contribution in [1.29, 1.82) is 0 Å². The Hall–Kier alpha value is -3.32. The molecule has 5 heterocycles. The van der Waals surface area contributed by atoms with Crippen molar-refractivity contribution in [3.05, 3.63) is 34.1 Å². The summed E-state index contributed by atoms with van der Waals surface area (Å²) in [5.74, 6) is 0.790. The van der Waals surface area contributed by atoms with E-state index in [1.54, 1.807) is 4.57 Å². The van der Waals surface area contributed by atoms with Crippen molar-refractivity contribution in [3.63, 3.8) is 0 Å². The van der Waals surface area contributed by atoms with Crippen LogP contribution in [0.3, 0.4) is 0 Å². The molecule has 2 saturated heterocycles. The number of nitrogens with zero attached hydrogens (tertiary/aromatic N) is 8. The largest absolute Gasteiger partial charge is 0.433 e. The normalized spacial score (nSPS) is 17.9. The number of alkyl halides is 5. The molecule has 0 unspecified atom stereocenters. The van der Waals surface area contributed by atoms with Gasteiger partial charge in [-0.05, 0) is 38.0 Å². The second kappa shape index (κ2) is 9.77. The summed E-state index contributed by atoms with van der Waals surface area (Å²) in [5, 5.41) is 4.17. The van der Waals surface area contributed by atoms with Crippen molar-refractivity contribution in [2.45, 2.75) is 65.2 Å². The SMILES string of the molecule is CCCn1c(N2CCC3(CCN(c4cc(C(F)(F)F)nc(C)n4)C3)CC2)nc2c(cnn2CC(F)F)c1=O. The molecule has 0 aromatic carbocycles. The molecule has 3 aromatic heterocycles. The number of rotatable bonds is 6. The highest BCUT2D eigenvalue weighted by molar-refractivity contribution is 5.75. The average Bonchev–Trinajstić information content (AvgIpc) is 3.45. The van der Waals surface area contributed by atoms with Gasteiger partial charge >= 0.3 is 6.18 Å². The number of fused-ring (bicyclic) bond motifs is 1. The van der Waals surface area contributed by atoms with E-state index in [-0.39, 0.29) is 33.6 Å². The lowest BCUT2D eigenvalue weighted by atomic mass is 9.78. The van der Waals surface area contributed by atoms with Crippen LogP contribution in [-0.4, -0.2) is 61.9 Å². The summed E-state index contributed by atoms with van der Waals surface area (Å²) in [6, 6.07) is 1.01. The fourth-order valence-corrected chi connectivity index (χ4v) is 5.55. The number of halogens is 5. The predicted molar refractivity (Wildman–Crippen MR) is 131 cm³/mol.